The highest BCUT2D eigenvalue weighted by Gasteiger charge is 2.08. The van der Waals surface area contributed by atoms with E-state index in [1.54, 1.807) is 19.4 Å². The Bertz CT molecular complexity index is 824. The third-order valence-electron chi connectivity index (χ3n) is 3.32. The van der Waals surface area contributed by atoms with E-state index in [0.717, 1.165) is 22.2 Å². The zero-order valence-electron chi connectivity index (χ0n) is 11.8. The molecule has 3 rings (SSSR count). The highest BCUT2D eigenvalue weighted by Crippen LogP contribution is 2.28. The van der Waals surface area contributed by atoms with Gasteiger partial charge in [0, 0.05) is 24.3 Å². The number of halogens is 2. The van der Waals surface area contributed by atoms with E-state index in [4.69, 9.17) is 27.9 Å². The fourth-order valence-corrected chi connectivity index (χ4v) is 2.59. The summed E-state index contributed by atoms with van der Waals surface area (Å²) in [5.41, 5.74) is 2.61. The van der Waals surface area contributed by atoms with Gasteiger partial charge in [0.05, 0.1) is 17.8 Å². The first-order valence-corrected chi connectivity index (χ1v) is 7.40. The number of nitrogens with zero attached hydrogens (tertiary/aromatic N) is 2. The van der Waals surface area contributed by atoms with Gasteiger partial charge in [-0.05, 0) is 23.8 Å². The van der Waals surface area contributed by atoms with Gasteiger partial charge >= 0.3 is 0 Å². The van der Waals surface area contributed by atoms with E-state index in [2.05, 4.69) is 15.3 Å². The molecule has 0 aliphatic rings. The van der Waals surface area contributed by atoms with Gasteiger partial charge in [-0.25, -0.2) is 4.98 Å². The van der Waals surface area contributed by atoms with Crippen molar-refractivity contribution in [3.63, 3.8) is 0 Å². The third kappa shape index (κ3) is 2.93. The molecule has 1 N–H and O–H groups in total. The number of pyridine rings is 2. The van der Waals surface area contributed by atoms with Crippen LogP contribution in [-0.4, -0.2) is 17.1 Å². The van der Waals surface area contributed by atoms with Crippen LogP contribution >= 0.6 is 23.2 Å². The molecule has 0 amide bonds. The summed E-state index contributed by atoms with van der Waals surface area (Å²) in [5, 5.41) is 5.20. The molecule has 0 bridgehead atoms. The first-order chi connectivity index (χ1) is 10.7. The van der Waals surface area contributed by atoms with Crippen molar-refractivity contribution in [1.29, 1.82) is 0 Å². The fraction of sp³-hybridized carbons (Fsp3) is 0.125. The van der Waals surface area contributed by atoms with Crippen LogP contribution in [0.4, 0.5) is 5.69 Å². The second kappa shape index (κ2) is 6.38. The van der Waals surface area contributed by atoms with Gasteiger partial charge < -0.3 is 10.1 Å². The largest absolute Gasteiger partial charge is 0.494 e. The molecular weight excluding hydrogens is 321 g/mol. The van der Waals surface area contributed by atoms with Gasteiger partial charge in [0.1, 0.15) is 11.3 Å². The maximum Gasteiger partial charge on any atom is 0.152 e. The van der Waals surface area contributed by atoms with Crippen LogP contribution in [0.3, 0.4) is 0 Å². The number of aromatic nitrogens is 2. The van der Waals surface area contributed by atoms with Gasteiger partial charge in [-0.1, -0.05) is 35.3 Å². The van der Waals surface area contributed by atoms with Crippen molar-refractivity contribution in [2.45, 2.75) is 6.54 Å². The Morgan fingerprint density at radius 2 is 2.05 bits per heavy atom. The summed E-state index contributed by atoms with van der Waals surface area (Å²) in [7, 11) is 1.64. The quantitative estimate of drug-likeness (QED) is 0.711. The summed E-state index contributed by atoms with van der Waals surface area (Å²) in [6.07, 6.45) is 3.27. The molecule has 2 heterocycles. The Labute approximate surface area is 138 Å². The van der Waals surface area contributed by atoms with Crippen molar-refractivity contribution in [2.75, 3.05) is 12.4 Å². The Kier molecular flexibility index (Phi) is 4.32. The van der Waals surface area contributed by atoms with Crippen molar-refractivity contribution in [1.82, 2.24) is 9.97 Å². The smallest absolute Gasteiger partial charge is 0.152 e. The number of benzene rings is 1. The van der Waals surface area contributed by atoms with Crippen LogP contribution in [0.15, 0.2) is 42.7 Å². The summed E-state index contributed by atoms with van der Waals surface area (Å²) in [4.78, 5) is 8.41. The zero-order valence-corrected chi connectivity index (χ0v) is 13.3. The molecule has 3 aromatic rings. The monoisotopic (exact) mass is 333 g/mol. The molecule has 0 fully saturated rings. The van der Waals surface area contributed by atoms with Crippen molar-refractivity contribution >= 4 is 39.8 Å². The van der Waals surface area contributed by atoms with E-state index < -0.39 is 0 Å². The zero-order chi connectivity index (χ0) is 15.5. The Balaban J connectivity index is 1.93. The molecule has 112 valence electrons. The molecule has 1 aromatic carbocycles. The lowest BCUT2D eigenvalue weighted by molar-refractivity contribution is 0.419. The van der Waals surface area contributed by atoms with Crippen LogP contribution in [0.25, 0.3) is 10.9 Å². The molecule has 0 radical (unpaired) electrons. The van der Waals surface area contributed by atoms with E-state index >= 15 is 0 Å². The summed E-state index contributed by atoms with van der Waals surface area (Å²) in [6, 6.07) is 9.58. The van der Waals surface area contributed by atoms with Gasteiger partial charge in [0.15, 0.2) is 5.15 Å². The highest BCUT2D eigenvalue weighted by molar-refractivity contribution is 6.34. The number of anilines is 1. The van der Waals surface area contributed by atoms with Gasteiger partial charge in [0.25, 0.3) is 0 Å². The third-order valence-corrected chi connectivity index (χ3v) is 3.83. The minimum atomic E-state index is 0.389. The molecule has 4 nitrogen and oxygen atoms in total. The fourth-order valence-electron chi connectivity index (χ4n) is 2.26. The second-order valence-electron chi connectivity index (χ2n) is 4.67. The van der Waals surface area contributed by atoms with E-state index in [1.807, 2.05) is 24.3 Å². The first kappa shape index (κ1) is 14.9. The number of hydrogen-bond donors (Lipinski definition) is 1. The molecule has 0 spiro atoms. The van der Waals surface area contributed by atoms with Gasteiger partial charge in [-0.2, -0.15) is 0 Å². The molecule has 0 atom stereocenters. The topological polar surface area (TPSA) is 47.0 Å². The first-order valence-electron chi connectivity index (χ1n) is 6.64. The Hall–Kier alpha value is -2.04. The van der Waals surface area contributed by atoms with Crippen LogP contribution in [0, 0.1) is 0 Å². The number of nitrogens with one attached hydrogen (secondary N) is 1. The number of rotatable bonds is 4. The lowest BCUT2D eigenvalue weighted by Crippen LogP contribution is -2.02. The summed E-state index contributed by atoms with van der Waals surface area (Å²) in [5.74, 6) is 0.752. The van der Waals surface area contributed by atoms with Crippen molar-refractivity contribution in [2.24, 2.45) is 0 Å². The number of ether oxygens (including phenoxy) is 1. The molecule has 6 heteroatoms. The molecule has 0 saturated carbocycles. The maximum atomic E-state index is 6.06. The van der Waals surface area contributed by atoms with Gasteiger partial charge in [0.2, 0.25) is 0 Å². The van der Waals surface area contributed by atoms with Gasteiger partial charge in [-0.15, -0.1) is 0 Å². The molecule has 0 unspecified atom stereocenters. The minimum absolute atomic E-state index is 0.389. The van der Waals surface area contributed by atoms with E-state index in [1.165, 1.54) is 6.20 Å². The number of fused-ring (bicyclic) bond motifs is 1. The average Bonchev–Trinajstić information content (AvgIpc) is 2.55. The molecule has 22 heavy (non-hydrogen) atoms. The van der Waals surface area contributed by atoms with Crippen LogP contribution < -0.4 is 10.1 Å². The van der Waals surface area contributed by atoms with E-state index in [0.29, 0.717) is 22.4 Å². The second-order valence-corrected chi connectivity index (χ2v) is 5.47. The van der Waals surface area contributed by atoms with Crippen molar-refractivity contribution in [3.05, 3.63) is 58.5 Å². The van der Waals surface area contributed by atoms with Crippen LogP contribution in [0.5, 0.6) is 5.75 Å². The number of hydrogen-bond acceptors (Lipinski definition) is 4. The maximum absolute atomic E-state index is 6.06. The predicted octanol–water partition coefficient (Wildman–Crippen LogP) is 4.56. The Morgan fingerprint density at radius 3 is 2.86 bits per heavy atom. The predicted molar refractivity (Wildman–Crippen MR) is 89.9 cm³/mol. The van der Waals surface area contributed by atoms with Crippen LogP contribution in [0.1, 0.15) is 5.56 Å². The summed E-state index contributed by atoms with van der Waals surface area (Å²) in [6.45, 7) is 0.577. The lowest BCUT2D eigenvalue weighted by Gasteiger charge is -2.12. The number of methoxy groups -OCH3 is 1. The van der Waals surface area contributed by atoms with Crippen molar-refractivity contribution in [3.8, 4) is 5.75 Å². The summed E-state index contributed by atoms with van der Waals surface area (Å²) >= 11 is 12.0. The molecule has 0 saturated heterocycles. The lowest BCUT2D eigenvalue weighted by atomic mass is 10.1. The van der Waals surface area contributed by atoms with Gasteiger partial charge in [-0.3, -0.25) is 4.98 Å². The summed E-state index contributed by atoms with van der Waals surface area (Å²) < 4.78 is 5.35. The molecule has 0 aliphatic heterocycles. The SMILES string of the molecule is COc1ccc(CNc2cc(Cl)cnc2Cl)c2cccnc12. The average molecular weight is 334 g/mol. The molecular formula is C16H13Cl2N3O. The van der Waals surface area contributed by atoms with Crippen molar-refractivity contribution < 1.29 is 4.74 Å². The van der Waals surface area contributed by atoms with Crippen LogP contribution in [0.2, 0.25) is 10.2 Å². The normalized spacial score (nSPS) is 10.7. The van der Waals surface area contributed by atoms with E-state index in [9.17, 15) is 0 Å². The van der Waals surface area contributed by atoms with Crippen LogP contribution in [-0.2, 0) is 6.54 Å². The standard InChI is InChI=1S/C16H13Cl2N3O/c1-22-14-5-4-10(12-3-2-6-19-15(12)14)8-20-13-7-11(17)9-21-16(13)18/h2-7,9,20H,8H2,1H3. The minimum Gasteiger partial charge on any atom is -0.494 e. The molecule has 2 aromatic heterocycles. The Morgan fingerprint density at radius 1 is 1.18 bits per heavy atom. The highest BCUT2D eigenvalue weighted by atomic mass is 35.5. The molecule has 0 aliphatic carbocycles. The van der Waals surface area contributed by atoms with E-state index in [-0.39, 0.29) is 0 Å².